The van der Waals surface area contributed by atoms with E-state index in [1.165, 1.54) is 12.3 Å². The fraction of sp³-hybridized carbons (Fsp3) is 0.500. The smallest absolute Gasteiger partial charge is 0.328 e. The Morgan fingerprint density at radius 1 is 1.27 bits per heavy atom. The van der Waals surface area contributed by atoms with Gasteiger partial charge in [0, 0.05) is 12.5 Å². The maximum Gasteiger partial charge on any atom is 0.328 e. The van der Waals surface area contributed by atoms with Gasteiger partial charge in [0.15, 0.2) is 5.76 Å². The Kier molecular flexibility index (Phi) is 7.65. The molecule has 0 aromatic carbocycles. The van der Waals surface area contributed by atoms with Gasteiger partial charge in [-0.15, -0.1) is 0 Å². The molecule has 0 aliphatic rings. The Balaban J connectivity index is 2.66. The first-order chi connectivity index (χ1) is 10.5. The molecule has 1 N–H and O–H groups in total. The second-order valence-corrected chi connectivity index (χ2v) is 5.17. The Morgan fingerprint density at radius 3 is 2.50 bits per heavy atom. The van der Waals surface area contributed by atoms with Crippen LogP contribution in [-0.2, 0) is 19.1 Å². The Morgan fingerprint density at radius 2 is 1.95 bits per heavy atom. The van der Waals surface area contributed by atoms with Crippen molar-refractivity contribution in [2.24, 2.45) is 0 Å². The largest absolute Gasteiger partial charge is 0.466 e. The van der Waals surface area contributed by atoms with E-state index in [0.717, 1.165) is 0 Å². The molecule has 1 aromatic heterocycles. The van der Waals surface area contributed by atoms with E-state index in [4.69, 9.17) is 13.9 Å². The summed E-state index contributed by atoms with van der Waals surface area (Å²) in [6.45, 7) is 3.79. The molecule has 0 aliphatic carbocycles. The van der Waals surface area contributed by atoms with Gasteiger partial charge >= 0.3 is 11.9 Å². The minimum atomic E-state index is -0.944. The molecular formula is C14H18BrNO6. The van der Waals surface area contributed by atoms with Crippen LogP contribution in [0.5, 0.6) is 0 Å². The second-order valence-electron chi connectivity index (χ2n) is 4.25. The SMILES string of the molecule is CCOC(=O)CC[C@H](NC(=O)c1cc(Br)co1)C(=O)OCC. The summed E-state index contributed by atoms with van der Waals surface area (Å²) in [5.41, 5.74) is 0. The normalized spacial score (nSPS) is 11.6. The minimum Gasteiger partial charge on any atom is -0.466 e. The van der Waals surface area contributed by atoms with Gasteiger partial charge < -0.3 is 19.2 Å². The topological polar surface area (TPSA) is 94.8 Å². The number of ether oxygens (including phenoxy) is 2. The molecule has 0 aliphatic heterocycles. The van der Waals surface area contributed by atoms with Gasteiger partial charge in [-0.25, -0.2) is 4.79 Å². The van der Waals surface area contributed by atoms with Crippen LogP contribution < -0.4 is 5.32 Å². The van der Waals surface area contributed by atoms with Crippen LogP contribution in [0.25, 0.3) is 0 Å². The van der Waals surface area contributed by atoms with Gasteiger partial charge in [0.25, 0.3) is 5.91 Å². The molecule has 0 fully saturated rings. The predicted octanol–water partition coefficient (Wildman–Crippen LogP) is 2.05. The van der Waals surface area contributed by atoms with Crippen LogP contribution in [0.4, 0.5) is 0 Å². The van der Waals surface area contributed by atoms with Crippen molar-refractivity contribution in [2.45, 2.75) is 32.7 Å². The number of furan rings is 1. The van der Waals surface area contributed by atoms with Crippen molar-refractivity contribution < 1.29 is 28.3 Å². The van der Waals surface area contributed by atoms with Crippen molar-refractivity contribution in [2.75, 3.05) is 13.2 Å². The van der Waals surface area contributed by atoms with E-state index in [0.29, 0.717) is 4.47 Å². The molecule has 0 spiro atoms. The van der Waals surface area contributed by atoms with Crippen molar-refractivity contribution >= 4 is 33.8 Å². The Bertz CT molecular complexity index is 527. The van der Waals surface area contributed by atoms with Crippen LogP contribution in [0.3, 0.4) is 0 Å². The summed E-state index contributed by atoms with van der Waals surface area (Å²) in [7, 11) is 0. The van der Waals surface area contributed by atoms with Gasteiger partial charge in [-0.2, -0.15) is 0 Å². The molecule has 8 heteroatoms. The fourth-order valence-corrected chi connectivity index (χ4v) is 1.95. The van der Waals surface area contributed by atoms with Crippen LogP contribution in [0.15, 0.2) is 21.2 Å². The standard InChI is InChI=1S/C14H18BrNO6/c1-3-20-12(17)6-5-10(14(19)21-4-2)16-13(18)11-7-9(15)8-22-11/h7-8,10H,3-6H2,1-2H3,(H,16,18)/t10-/m0/s1. The summed E-state index contributed by atoms with van der Waals surface area (Å²) >= 11 is 3.16. The van der Waals surface area contributed by atoms with Crippen LogP contribution >= 0.6 is 15.9 Å². The monoisotopic (exact) mass is 375 g/mol. The quantitative estimate of drug-likeness (QED) is 0.698. The molecule has 0 saturated heterocycles. The van der Waals surface area contributed by atoms with Gasteiger partial charge in [0.05, 0.1) is 17.7 Å². The number of nitrogens with one attached hydrogen (secondary N) is 1. The van der Waals surface area contributed by atoms with E-state index in [2.05, 4.69) is 21.2 Å². The zero-order chi connectivity index (χ0) is 16.5. The Labute approximate surface area is 136 Å². The Hall–Kier alpha value is -1.83. The molecule has 1 atom stereocenters. The highest BCUT2D eigenvalue weighted by Crippen LogP contribution is 2.14. The molecule has 122 valence electrons. The molecule has 0 radical (unpaired) electrons. The lowest BCUT2D eigenvalue weighted by molar-refractivity contribution is -0.146. The van der Waals surface area contributed by atoms with Crippen molar-refractivity contribution in [1.29, 1.82) is 0 Å². The van der Waals surface area contributed by atoms with Crippen LogP contribution in [-0.4, -0.2) is 37.1 Å². The predicted molar refractivity (Wildman–Crippen MR) is 80.2 cm³/mol. The van der Waals surface area contributed by atoms with E-state index >= 15 is 0 Å². The van der Waals surface area contributed by atoms with Gasteiger partial charge in [0.1, 0.15) is 12.3 Å². The van der Waals surface area contributed by atoms with Crippen molar-refractivity contribution in [3.05, 3.63) is 22.6 Å². The third-order valence-electron chi connectivity index (χ3n) is 2.61. The van der Waals surface area contributed by atoms with Crippen molar-refractivity contribution in [3.63, 3.8) is 0 Å². The lowest BCUT2D eigenvalue weighted by Gasteiger charge is -2.16. The zero-order valence-electron chi connectivity index (χ0n) is 12.4. The molecule has 1 amide bonds. The van der Waals surface area contributed by atoms with E-state index < -0.39 is 23.9 Å². The molecule has 7 nitrogen and oxygen atoms in total. The highest BCUT2D eigenvalue weighted by molar-refractivity contribution is 9.10. The van der Waals surface area contributed by atoms with Gasteiger partial charge in [-0.3, -0.25) is 9.59 Å². The van der Waals surface area contributed by atoms with Crippen LogP contribution in [0.1, 0.15) is 37.2 Å². The summed E-state index contributed by atoms with van der Waals surface area (Å²) in [6, 6.07) is 0.531. The molecule has 0 unspecified atom stereocenters. The number of esters is 2. The number of halogens is 1. The summed E-state index contributed by atoms with van der Waals surface area (Å²) in [5, 5.41) is 2.49. The highest BCUT2D eigenvalue weighted by Gasteiger charge is 2.25. The van der Waals surface area contributed by atoms with E-state index in [1.807, 2.05) is 0 Å². The van der Waals surface area contributed by atoms with E-state index in [9.17, 15) is 14.4 Å². The second kappa shape index (κ2) is 9.24. The van der Waals surface area contributed by atoms with Gasteiger partial charge in [0.2, 0.25) is 0 Å². The maximum atomic E-state index is 12.0. The summed E-state index contributed by atoms with van der Waals surface area (Å²) < 4.78 is 15.3. The average Bonchev–Trinajstić information content (AvgIpc) is 2.90. The summed E-state index contributed by atoms with van der Waals surface area (Å²) in [6.07, 6.45) is 1.44. The molecule has 1 heterocycles. The average molecular weight is 376 g/mol. The number of hydrogen-bond donors (Lipinski definition) is 1. The zero-order valence-corrected chi connectivity index (χ0v) is 14.0. The first kappa shape index (κ1) is 18.2. The fourth-order valence-electron chi connectivity index (χ4n) is 1.65. The number of hydrogen-bond acceptors (Lipinski definition) is 6. The number of carbonyl (C=O) groups excluding carboxylic acids is 3. The first-order valence-corrected chi connectivity index (χ1v) is 7.64. The number of carbonyl (C=O) groups is 3. The third kappa shape index (κ3) is 5.88. The van der Waals surface area contributed by atoms with Crippen LogP contribution in [0, 0.1) is 0 Å². The molecule has 22 heavy (non-hydrogen) atoms. The number of amides is 1. The molecule has 0 bridgehead atoms. The van der Waals surface area contributed by atoms with Gasteiger partial charge in [-0.05, 0) is 36.2 Å². The van der Waals surface area contributed by atoms with E-state index in [1.54, 1.807) is 13.8 Å². The lowest BCUT2D eigenvalue weighted by atomic mass is 10.1. The van der Waals surface area contributed by atoms with Gasteiger partial charge in [-0.1, -0.05) is 0 Å². The number of rotatable bonds is 8. The maximum absolute atomic E-state index is 12.0. The first-order valence-electron chi connectivity index (χ1n) is 6.85. The summed E-state index contributed by atoms with van der Waals surface area (Å²) in [5.74, 6) is -1.55. The van der Waals surface area contributed by atoms with Crippen molar-refractivity contribution in [3.8, 4) is 0 Å². The molecule has 1 aromatic rings. The summed E-state index contributed by atoms with van der Waals surface area (Å²) in [4.78, 5) is 35.2. The molecule has 1 rings (SSSR count). The molecular weight excluding hydrogens is 358 g/mol. The van der Waals surface area contributed by atoms with E-state index in [-0.39, 0.29) is 31.8 Å². The van der Waals surface area contributed by atoms with Crippen LogP contribution in [0.2, 0.25) is 0 Å². The lowest BCUT2D eigenvalue weighted by Crippen LogP contribution is -2.42. The van der Waals surface area contributed by atoms with Crippen molar-refractivity contribution in [1.82, 2.24) is 5.32 Å². The third-order valence-corrected chi connectivity index (χ3v) is 3.03. The minimum absolute atomic E-state index is 0.000545. The molecule has 0 saturated carbocycles. The highest BCUT2D eigenvalue weighted by atomic mass is 79.9.